The Bertz CT molecular complexity index is 995. The molecule has 1 aliphatic rings. The average Bonchev–Trinajstić information content (AvgIpc) is 2.83. The van der Waals surface area contributed by atoms with Gasteiger partial charge in [0.15, 0.2) is 11.4 Å². The zero-order valence-electron chi connectivity index (χ0n) is 13.7. The summed E-state index contributed by atoms with van der Waals surface area (Å²) in [6, 6.07) is 7.17. The first kappa shape index (κ1) is 15.8. The molecule has 0 radical (unpaired) electrons. The van der Waals surface area contributed by atoms with Crippen molar-refractivity contribution in [3.8, 4) is 5.82 Å². The van der Waals surface area contributed by atoms with Gasteiger partial charge >= 0.3 is 5.69 Å². The van der Waals surface area contributed by atoms with Crippen LogP contribution in [0.3, 0.4) is 0 Å². The molecule has 0 saturated carbocycles. The van der Waals surface area contributed by atoms with Crippen LogP contribution in [0.5, 0.6) is 0 Å². The van der Waals surface area contributed by atoms with Gasteiger partial charge in [-0.05, 0) is 37.2 Å². The van der Waals surface area contributed by atoms with Crippen molar-refractivity contribution in [1.29, 1.82) is 0 Å². The van der Waals surface area contributed by atoms with Crippen molar-refractivity contribution in [2.75, 3.05) is 26.2 Å². The minimum Gasteiger partial charge on any atom is -0.354 e. The number of hydrogen-bond donors (Lipinski definition) is 2. The van der Waals surface area contributed by atoms with Crippen molar-refractivity contribution < 1.29 is 4.52 Å². The Kier molecular flexibility index (Phi) is 4.21. The summed E-state index contributed by atoms with van der Waals surface area (Å²) in [5, 5.41) is 8.15. The SMILES string of the molecule is O=c1ccn(-c2noc3ccc(CN4CCCNCC4)cc23)c(=O)[nH]1. The number of aromatic amines is 1. The first-order valence-electron chi connectivity index (χ1n) is 8.34. The lowest BCUT2D eigenvalue weighted by Gasteiger charge is -2.19. The molecular weight excluding hydrogens is 322 g/mol. The van der Waals surface area contributed by atoms with Crippen LogP contribution in [0.15, 0.2) is 44.6 Å². The predicted octanol–water partition coefficient (Wildman–Crippen LogP) is 0.462. The summed E-state index contributed by atoms with van der Waals surface area (Å²) >= 11 is 0. The van der Waals surface area contributed by atoms with Gasteiger partial charge in [-0.15, -0.1) is 0 Å². The second kappa shape index (κ2) is 6.66. The maximum atomic E-state index is 12.0. The van der Waals surface area contributed by atoms with Gasteiger partial charge in [0, 0.05) is 31.9 Å². The smallest absolute Gasteiger partial charge is 0.334 e. The lowest BCUT2D eigenvalue weighted by atomic mass is 10.1. The van der Waals surface area contributed by atoms with Crippen molar-refractivity contribution in [3.05, 3.63) is 56.9 Å². The standard InChI is InChI=1S/C17H19N5O3/c23-15-4-8-22(17(24)19-15)16-13-10-12(2-3-14(13)25-20-16)11-21-7-1-5-18-6-9-21/h2-4,8,10,18H,1,5-7,9,11H2,(H,19,23,24). The van der Waals surface area contributed by atoms with E-state index in [2.05, 4.69) is 20.4 Å². The van der Waals surface area contributed by atoms with E-state index in [1.54, 1.807) is 0 Å². The summed E-state index contributed by atoms with van der Waals surface area (Å²) < 4.78 is 6.61. The number of hydrogen-bond acceptors (Lipinski definition) is 6. The molecule has 0 aliphatic carbocycles. The highest BCUT2D eigenvalue weighted by atomic mass is 16.5. The maximum Gasteiger partial charge on any atom is 0.334 e. The number of H-pyrrole nitrogens is 1. The van der Waals surface area contributed by atoms with Gasteiger partial charge in [-0.3, -0.25) is 14.7 Å². The molecule has 1 saturated heterocycles. The Morgan fingerprint density at radius 2 is 2.08 bits per heavy atom. The van der Waals surface area contributed by atoms with E-state index in [4.69, 9.17) is 4.52 Å². The topological polar surface area (TPSA) is 96.2 Å². The van der Waals surface area contributed by atoms with E-state index in [-0.39, 0.29) is 0 Å². The van der Waals surface area contributed by atoms with Crippen LogP contribution in [0, 0.1) is 0 Å². The molecule has 2 aromatic heterocycles. The average molecular weight is 341 g/mol. The van der Waals surface area contributed by atoms with Crippen LogP contribution in [-0.2, 0) is 6.54 Å². The summed E-state index contributed by atoms with van der Waals surface area (Å²) in [5.41, 5.74) is 0.766. The summed E-state index contributed by atoms with van der Waals surface area (Å²) in [5.74, 6) is 0.385. The summed E-state index contributed by atoms with van der Waals surface area (Å²) in [6.07, 6.45) is 2.54. The minimum absolute atomic E-state index is 0.385. The molecule has 8 nitrogen and oxygen atoms in total. The van der Waals surface area contributed by atoms with Crippen molar-refractivity contribution in [2.24, 2.45) is 0 Å². The third kappa shape index (κ3) is 3.26. The molecule has 130 valence electrons. The third-order valence-corrected chi connectivity index (χ3v) is 4.41. The van der Waals surface area contributed by atoms with Gasteiger partial charge in [-0.2, -0.15) is 0 Å². The van der Waals surface area contributed by atoms with E-state index in [1.807, 2.05) is 18.2 Å². The van der Waals surface area contributed by atoms with Gasteiger partial charge in [0.1, 0.15) is 0 Å². The minimum atomic E-state index is -0.535. The highest BCUT2D eigenvalue weighted by Crippen LogP contribution is 2.23. The number of aromatic nitrogens is 3. The molecule has 0 spiro atoms. The number of rotatable bonds is 3. The van der Waals surface area contributed by atoms with Crippen molar-refractivity contribution in [1.82, 2.24) is 24.9 Å². The van der Waals surface area contributed by atoms with Crippen LogP contribution < -0.4 is 16.6 Å². The van der Waals surface area contributed by atoms with E-state index >= 15 is 0 Å². The highest BCUT2D eigenvalue weighted by molar-refractivity contribution is 5.84. The molecule has 0 atom stereocenters. The molecule has 2 N–H and O–H groups in total. The van der Waals surface area contributed by atoms with E-state index in [1.165, 1.54) is 16.8 Å². The molecule has 1 aliphatic heterocycles. The highest BCUT2D eigenvalue weighted by Gasteiger charge is 2.14. The van der Waals surface area contributed by atoms with Crippen molar-refractivity contribution in [2.45, 2.75) is 13.0 Å². The largest absolute Gasteiger partial charge is 0.354 e. The second-order valence-electron chi connectivity index (χ2n) is 6.20. The molecule has 25 heavy (non-hydrogen) atoms. The number of fused-ring (bicyclic) bond motifs is 1. The Labute approximate surface area is 143 Å². The van der Waals surface area contributed by atoms with Crippen LogP contribution in [0.25, 0.3) is 16.8 Å². The first-order valence-corrected chi connectivity index (χ1v) is 8.34. The zero-order valence-corrected chi connectivity index (χ0v) is 13.7. The Hall–Kier alpha value is -2.71. The van der Waals surface area contributed by atoms with E-state index in [9.17, 15) is 9.59 Å². The zero-order chi connectivity index (χ0) is 17.2. The molecule has 8 heteroatoms. The van der Waals surface area contributed by atoms with E-state index in [0.717, 1.165) is 50.1 Å². The first-order chi connectivity index (χ1) is 12.2. The quantitative estimate of drug-likeness (QED) is 0.719. The molecule has 3 heterocycles. The van der Waals surface area contributed by atoms with Gasteiger partial charge in [0.25, 0.3) is 5.56 Å². The molecule has 0 unspecified atom stereocenters. The van der Waals surface area contributed by atoms with Crippen LogP contribution >= 0.6 is 0 Å². The van der Waals surface area contributed by atoms with Crippen LogP contribution in [0.1, 0.15) is 12.0 Å². The molecule has 1 aromatic carbocycles. The number of benzene rings is 1. The Morgan fingerprint density at radius 1 is 1.16 bits per heavy atom. The second-order valence-corrected chi connectivity index (χ2v) is 6.20. The molecule has 4 rings (SSSR count). The molecule has 3 aromatic rings. The third-order valence-electron chi connectivity index (χ3n) is 4.41. The fraction of sp³-hybridized carbons (Fsp3) is 0.353. The number of nitrogens with zero attached hydrogens (tertiary/aromatic N) is 3. The Morgan fingerprint density at radius 3 is 2.96 bits per heavy atom. The van der Waals surface area contributed by atoms with Gasteiger partial charge in [-0.25, -0.2) is 9.36 Å². The van der Waals surface area contributed by atoms with Gasteiger partial charge in [-0.1, -0.05) is 11.2 Å². The Balaban J connectivity index is 1.70. The van der Waals surface area contributed by atoms with E-state index in [0.29, 0.717) is 11.4 Å². The molecular formula is C17H19N5O3. The van der Waals surface area contributed by atoms with Crippen LogP contribution in [0.2, 0.25) is 0 Å². The van der Waals surface area contributed by atoms with Crippen LogP contribution in [0.4, 0.5) is 0 Å². The predicted molar refractivity (Wildman–Crippen MR) is 93.0 cm³/mol. The lowest BCUT2D eigenvalue weighted by Crippen LogP contribution is -2.28. The van der Waals surface area contributed by atoms with Crippen molar-refractivity contribution in [3.63, 3.8) is 0 Å². The van der Waals surface area contributed by atoms with Crippen LogP contribution in [-0.4, -0.2) is 45.8 Å². The monoisotopic (exact) mass is 341 g/mol. The molecule has 1 fully saturated rings. The fourth-order valence-corrected chi connectivity index (χ4v) is 3.15. The summed E-state index contributed by atoms with van der Waals surface area (Å²) in [7, 11) is 0. The van der Waals surface area contributed by atoms with Gasteiger partial charge in [0.05, 0.1) is 5.39 Å². The molecule has 0 amide bonds. The summed E-state index contributed by atoms with van der Waals surface area (Å²) in [4.78, 5) is 27.9. The fourth-order valence-electron chi connectivity index (χ4n) is 3.15. The molecule has 0 bridgehead atoms. The normalized spacial score (nSPS) is 16.2. The lowest BCUT2D eigenvalue weighted by molar-refractivity contribution is 0.284. The van der Waals surface area contributed by atoms with Gasteiger partial charge in [0.2, 0.25) is 0 Å². The van der Waals surface area contributed by atoms with Crippen molar-refractivity contribution >= 4 is 11.0 Å². The summed E-state index contributed by atoms with van der Waals surface area (Å²) in [6.45, 7) is 4.95. The maximum absolute atomic E-state index is 12.0. The number of nitrogens with one attached hydrogen (secondary N) is 2. The van der Waals surface area contributed by atoms with Gasteiger partial charge < -0.3 is 9.84 Å². The van der Waals surface area contributed by atoms with E-state index < -0.39 is 11.2 Å².